The molecule has 0 fully saturated rings. The molecule has 3 rings (SSSR count). The van der Waals surface area contributed by atoms with Gasteiger partial charge in [0.25, 0.3) is 0 Å². The molecular formula is C16H15Cl2NO2. The largest absolute Gasteiger partial charge is 0.454 e. The van der Waals surface area contributed by atoms with Gasteiger partial charge in [-0.2, -0.15) is 0 Å². The third-order valence-electron chi connectivity index (χ3n) is 3.45. The Morgan fingerprint density at radius 2 is 1.90 bits per heavy atom. The minimum Gasteiger partial charge on any atom is -0.454 e. The van der Waals surface area contributed by atoms with E-state index in [1.54, 1.807) is 6.07 Å². The van der Waals surface area contributed by atoms with Crippen molar-refractivity contribution in [2.24, 2.45) is 0 Å². The summed E-state index contributed by atoms with van der Waals surface area (Å²) in [5.74, 6) is 1.39. The molecule has 1 heterocycles. The Hall–Kier alpha value is -1.58. The summed E-state index contributed by atoms with van der Waals surface area (Å²) in [5, 5.41) is 4.78. The number of benzene rings is 2. The molecular weight excluding hydrogens is 309 g/mol. The lowest BCUT2D eigenvalue weighted by Crippen LogP contribution is -2.10. The molecule has 2 aromatic rings. The van der Waals surface area contributed by atoms with E-state index < -0.39 is 0 Å². The SMILES string of the molecule is CCC(Nc1cc2c(cc1Cl)OCO2)c1cccc(Cl)c1. The summed E-state index contributed by atoms with van der Waals surface area (Å²) in [4.78, 5) is 0. The smallest absolute Gasteiger partial charge is 0.231 e. The number of halogens is 2. The Bertz CT molecular complexity index is 661. The summed E-state index contributed by atoms with van der Waals surface area (Å²) >= 11 is 12.4. The van der Waals surface area contributed by atoms with Gasteiger partial charge in [0.1, 0.15) is 0 Å². The van der Waals surface area contributed by atoms with Crippen LogP contribution in [-0.4, -0.2) is 6.79 Å². The lowest BCUT2D eigenvalue weighted by molar-refractivity contribution is 0.174. The van der Waals surface area contributed by atoms with Crippen LogP contribution in [0.15, 0.2) is 36.4 Å². The summed E-state index contributed by atoms with van der Waals surface area (Å²) in [6.07, 6.45) is 0.908. The maximum Gasteiger partial charge on any atom is 0.231 e. The Morgan fingerprint density at radius 1 is 1.14 bits per heavy atom. The van der Waals surface area contributed by atoms with Crippen LogP contribution in [-0.2, 0) is 0 Å². The van der Waals surface area contributed by atoms with Crippen LogP contribution < -0.4 is 14.8 Å². The number of hydrogen-bond donors (Lipinski definition) is 1. The van der Waals surface area contributed by atoms with Gasteiger partial charge in [0, 0.05) is 17.2 Å². The average Bonchev–Trinajstić information content (AvgIpc) is 2.91. The van der Waals surface area contributed by atoms with Gasteiger partial charge in [0.15, 0.2) is 11.5 Å². The monoisotopic (exact) mass is 323 g/mol. The first kappa shape index (κ1) is 14.4. The first-order chi connectivity index (χ1) is 10.2. The van der Waals surface area contributed by atoms with Crippen LogP contribution in [0.2, 0.25) is 10.0 Å². The van der Waals surface area contributed by atoms with Crippen LogP contribution in [0.1, 0.15) is 24.9 Å². The number of nitrogens with one attached hydrogen (secondary N) is 1. The Labute approximate surface area is 133 Å². The molecule has 1 unspecified atom stereocenters. The topological polar surface area (TPSA) is 30.5 Å². The lowest BCUT2D eigenvalue weighted by atomic mass is 10.0. The first-order valence-electron chi connectivity index (χ1n) is 6.78. The maximum absolute atomic E-state index is 6.30. The second kappa shape index (κ2) is 6.04. The zero-order chi connectivity index (χ0) is 14.8. The molecule has 3 nitrogen and oxygen atoms in total. The predicted octanol–water partition coefficient (Wildman–Crippen LogP) is 5.29. The zero-order valence-corrected chi connectivity index (χ0v) is 13.0. The van der Waals surface area contributed by atoms with Gasteiger partial charge in [-0.3, -0.25) is 0 Å². The highest BCUT2D eigenvalue weighted by molar-refractivity contribution is 6.33. The second-order valence-corrected chi connectivity index (χ2v) is 5.69. The number of ether oxygens (including phenoxy) is 2. The first-order valence-corrected chi connectivity index (χ1v) is 7.54. The summed E-state index contributed by atoms with van der Waals surface area (Å²) in [5.41, 5.74) is 1.95. The van der Waals surface area contributed by atoms with Gasteiger partial charge in [0.05, 0.1) is 16.8 Å². The van der Waals surface area contributed by atoms with Crippen molar-refractivity contribution in [2.45, 2.75) is 19.4 Å². The van der Waals surface area contributed by atoms with E-state index in [0.29, 0.717) is 16.5 Å². The van der Waals surface area contributed by atoms with Crippen LogP contribution in [0.5, 0.6) is 11.5 Å². The van der Waals surface area contributed by atoms with Gasteiger partial charge in [-0.1, -0.05) is 42.3 Å². The zero-order valence-electron chi connectivity index (χ0n) is 11.5. The predicted molar refractivity (Wildman–Crippen MR) is 85.7 cm³/mol. The molecule has 1 N–H and O–H groups in total. The lowest BCUT2D eigenvalue weighted by Gasteiger charge is -2.20. The van der Waals surface area contributed by atoms with E-state index in [1.165, 1.54) is 0 Å². The van der Waals surface area contributed by atoms with Crippen molar-refractivity contribution in [1.82, 2.24) is 0 Å². The number of hydrogen-bond acceptors (Lipinski definition) is 3. The minimum atomic E-state index is 0.126. The third-order valence-corrected chi connectivity index (χ3v) is 4.00. The number of fused-ring (bicyclic) bond motifs is 1. The molecule has 0 spiro atoms. The van der Waals surface area contributed by atoms with E-state index >= 15 is 0 Å². The Morgan fingerprint density at radius 3 is 2.62 bits per heavy atom. The highest BCUT2D eigenvalue weighted by atomic mass is 35.5. The Kier molecular flexibility index (Phi) is 4.13. The van der Waals surface area contributed by atoms with Crippen molar-refractivity contribution in [2.75, 3.05) is 12.1 Å². The molecule has 5 heteroatoms. The molecule has 0 saturated heterocycles. The molecule has 2 aromatic carbocycles. The van der Waals surface area contributed by atoms with Crippen molar-refractivity contribution in [3.8, 4) is 11.5 Å². The van der Waals surface area contributed by atoms with Crippen LogP contribution in [0.3, 0.4) is 0 Å². The van der Waals surface area contributed by atoms with E-state index in [0.717, 1.165) is 22.7 Å². The summed E-state index contributed by atoms with van der Waals surface area (Å²) in [7, 11) is 0. The number of rotatable bonds is 4. The van der Waals surface area contributed by atoms with Crippen molar-refractivity contribution in [3.05, 3.63) is 52.0 Å². The fourth-order valence-corrected chi connectivity index (χ4v) is 2.77. The van der Waals surface area contributed by atoms with E-state index in [2.05, 4.69) is 12.2 Å². The van der Waals surface area contributed by atoms with Gasteiger partial charge >= 0.3 is 0 Å². The molecule has 0 saturated carbocycles. The summed E-state index contributed by atoms with van der Waals surface area (Å²) in [6, 6.07) is 11.6. The molecule has 0 amide bonds. The average molecular weight is 324 g/mol. The molecule has 0 bridgehead atoms. The molecule has 1 aliphatic heterocycles. The molecule has 1 atom stereocenters. The summed E-state index contributed by atoms with van der Waals surface area (Å²) in [6.45, 7) is 2.35. The quantitative estimate of drug-likeness (QED) is 0.829. The van der Waals surface area contributed by atoms with Crippen molar-refractivity contribution >= 4 is 28.9 Å². The van der Waals surface area contributed by atoms with Crippen molar-refractivity contribution in [1.29, 1.82) is 0 Å². The van der Waals surface area contributed by atoms with Crippen LogP contribution in [0.25, 0.3) is 0 Å². The maximum atomic E-state index is 6.30. The molecule has 0 radical (unpaired) electrons. The van der Waals surface area contributed by atoms with Gasteiger partial charge in [0.2, 0.25) is 6.79 Å². The normalized spacial score (nSPS) is 14.0. The van der Waals surface area contributed by atoms with Crippen LogP contribution in [0, 0.1) is 0 Å². The van der Waals surface area contributed by atoms with E-state index in [9.17, 15) is 0 Å². The van der Waals surface area contributed by atoms with Gasteiger partial charge in [-0.25, -0.2) is 0 Å². The highest BCUT2D eigenvalue weighted by Gasteiger charge is 2.18. The van der Waals surface area contributed by atoms with Crippen LogP contribution in [0.4, 0.5) is 5.69 Å². The molecule has 110 valence electrons. The fourth-order valence-electron chi connectivity index (χ4n) is 2.36. The molecule has 0 aromatic heterocycles. The van der Waals surface area contributed by atoms with E-state index in [1.807, 2.05) is 30.3 Å². The van der Waals surface area contributed by atoms with Gasteiger partial charge in [-0.05, 0) is 24.1 Å². The minimum absolute atomic E-state index is 0.126. The molecule has 21 heavy (non-hydrogen) atoms. The summed E-state index contributed by atoms with van der Waals surface area (Å²) < 4.78 is 10.7. The van der Waals surface area contributed by atoms with E-state index in [-0.39, 0.29) is 12.8 Å². The van der Waals surface area contributed by atoms with Crippen molar-refractivity contribution in [3.63, 3.8) is 0 Å². The van der Waals surface area contributed by atoms with Crippen molar-refractivity contribution < 1.29 is 9.47 Å². The fraction of sp³-hybridized carbons (Fsp3) is 0.250. The highest BCUT2D eigenvalue weighted by Crippen LogP contribution is 2.40. The number of anilines is 1. The molecule has 1 aliphatic rings. The third kappa shape index (κ3) is 3.04. The van der Waals surface area contributed by atoms with E-state index in [4.69, 9.17) is 32.7 Å². The Balaban J connectivity index is 1.87. The standard InChI is InChI=1S/C16H15Cl2NO2/c1-2-13(10-4-3-5-11(17)6-10)19-14-8-16-15(7-12(14)18)20-9-21-16/h3-8,13,19H,2,9H2,1H3. The van der Waals surface area contributed by atoms with Gasteiger partial charge < -0.3 is 14.8 Å². The second-order valence-electron chi connectivity index (χ2n) is 4.85. The molecule has 0 aliphatic carbocycles. The van der Waals surface area contributed by atoms with Crippen LogP contribution >= 0.6 is 23.2 Å². The van der Waals surface area contributed by atoms with Gasteiger partial charge in [-0.15, -0.1) is 0 Å².